The summed E-state index contributed by atoms with van der Waals surface area (Å²) in [5, 5.41) is 2.66. The maximum absolute atomic E-state index is 13.7. The Morgan fingerprint density at radius 3 is 2.16 bits per heavy atom. The number of ether oxygens (including phenoxy) is 2. The first-order valence-corrected chi connectivity index (χ1v) is 10.8. The summed E-state index contributed by atoms with van der Waals surface area (Å²) in [6, 6.07) is 17.8. The molecule has 3 aromatic carbocycles. The maximum atomic E-state index is 13.7. The largest absolute Gasteiger partial charge is 0.497 e. The first-order chi connectivity index (χ1) is 14.8. The van der Waals surface area contributed by atoms with Gasteiger partial charge in [0, 0.05) is 5.69 Å². The van der Waals surface area contributed by atoms with Crippen molar-refractivity contribution < 1.29 is 27.1 Å². The summed E-state index contributed by atoms with van der Waals surface area (Å²) in [6.45, 7) is 1.59. The zero-order chi connectivity index (χ0) is 22.4. The number of nitrogens with one attached hydrogen (secondary N) is 2. The Labute approximate surface area is 179 Å². The van der Waals surface area contributed by atoms with Crippen molar-refractivity contribution in [1.29, 1.82) is 0 Å². The van der Waals surface area contributed by atoms with Gasteiger partial charge in [0.1, 0.15) is 17.3 Å². The lowest BCUT2D eigenvalue weighted by molar-refractivity contribution is -0.122. The minimum Gasteiger partial charge on any atom is -0.497 e. The van der Waals surface area contributed by atoms with E-state index in [-0.39, 0.29) is 10.6 Å². The lowest BCUT2D eigenvalue weighted by Crippen LogP contribution is -2.30. The molecule has 7 nitrogen and oxygen atoms in total. The molecule has 0 fully saturated rings. The van der Waals surface area contributed by atoms with Crippen LogP contribution in [0.2, 0.25) is 0 Å². The normalized spacial score (nSPS) is 12.0. The molecular formula is C22H21FN2O5S. The summed E-state index contributed by atoms with van der Waals surface area (Å²) in [7, 11) is -2.43. The van der Waals surface area contributed by atoms with Crippen LogP contribution in [0.5, 0.6) is 11.5 Å². The molecule has 3 rings (SSSR count). The van der Waals surface area contributed by atoms with Gasteiger partial charge in [-0.3, -0.25) is 9.52 Å². The molecule has 1 atom stereocenters. The number of amides is 1. The first-order valence-electron chi connectivity index (χ1n) is 9.27. The molecule has 0 heterocycles. The molecule has 0 unspecified atom stereocenters. The van der Waals surface area contributed by atoms with Gasteiger partial charge in [0.25, 0.3) is 15.9 Å². The number of para-hydroxylation sites is 1. The molecule has 0 aliphatic heterocycles. The zero-order valence-electron chi connectivity index (χ0n) is 16.8. The highest BCUT2D eigenvalue weighted by Crippen LogP contribution is 2.21. The van der Waals surface area contributed by atoms with Crippen LogP contribution in [0.25, 0.3) is 0 Å². The Balaban J connectivity index is 1.62. The molecule has 0 spiro atoms. The van der Waals surface area contributed by atoms with Crippen molar-refractivity contribution in [2.24, 2.45) is 0 Å². The molecule has 2 N–H and O–H groups in total. The van der Waals surface area contributed by atoms with Crippen LogP contribution in [0, 0.1) is 5.82 Å². The van der Waals surface area contributed by atoms with Crippen LogP contribution in [-0.4, -0.2) is 27.5 Å². The van der Waals surface area contributed by atoms with E-state index in [0.29, 0.717) is 17.2 Å². The molecule has 9 heteroatoms. The predicted octanol–water partition coefficient (Wildman–Crippen LogP) is 4.04. The van der Waals surface area contributed by atoms with Gasteiger partial charge in [0.15, 0.2) is 6.10 Å². The summed E-state index contributed by atoms with van der Waals surface area (Å²) in [5.41, 5.74) is 0.240. The van der Waals surface area contributed by atoms with E-state index in [0.717, 1.165) is 6.07 Å². The summed E-state index contributed by atoms with van der Waals surface area (Å²) in [6.07, 6.45) is -0.792. The number of benzene rings is 3. The lowest BCUT2D eigenvalue weighted by atomic mass is 10.3. The quantitative estimate of drug-likeness (QED) is 0.547. The topological polar surface area (TPSA) is 93.7 Å². The van der Waals surface area contributed by atoms with Gasteiger partial charge in [-0.05, 0) is 67.6 Å². The molecule has 162 valence electrons. The second-order valence-electron chi connectivity index (χ2n) is 6.53. The second-order valence-corrected chi connectivity index (χ2v) is 8.22. The van der Waals surface area contributed by atoms with E-state index in [1.54, 1.807) is 38.3 Å². The molecule has 0 aromatic heterocycles. The van der Waals surface area contributed by atoms with Gasteiger partial charge in [-0.2, -0.15) is 0 Å². The van der Waals surface area contributed by atoms with E-state index in [9.17, 15) is 17.6 Å². The molecule has 0 aliphatic rings. The van der Waals surface area contributed by atoms with Crippen LogP contribution < -0.4 is 19.5 Å². The summed E-state index contributed by atoms with van der Waals surface area (Å²) < 4.78 is 51.5. The van der Waals surface area contributed by atoms with Crippen LogP contribution in [-0.2, 0) is 14.8 Å². The van der Waals surface area contributed by atoms with Crippen molar-refractivity contribution in [3.05, 3.63) is 78.6 Å². The molecule has 0 radical (unpaired) electrons. The Hall–Kier alpha value is -3.59. The highest BCUT2D eigenvalue weighted by molar-refractivity contribution is 7.92. The van der Waals surface area contributed by atoms with E-state index in [1.165, 1.54) is 42.5 Å². The Morgan fingerprint density at radius 1 is 0.935 bits per heavy atom. The van der Waals surface area contributed by atoms with Crippen LogP contribution >= 0.6 is 0 Å². The number of anilines is 2. The Kier molecular flexibility index (Phi) is 6.76. The number of hydrogen-bond acceptors (Lipinski definition) is 5. The molecule has 31 heavy (non-hydrogen) atoms. The summed E-state index contributed by atoms with van der Waals surface area (Å²) in [5.74, 6) is 0.0878. The molecular weight excluding hydrogens is 423 g/mol. The monoisotopic (exact) mass is 444 g/mol. The number of carbonyl (C=O) groups is 1. The average Bonchev–Trinajstić information content (AvgIpc) is 2.76. The summed E-state index contributed by atoms with van der Waals surface area (Å²) in [4.78, 5) is 12.3. The van der Waals surface area contributed by atoms with Crippen LogP contribution in [0.1, 0.15) is 6.92 Å². The molecule has 0 bridgehead atoms. The fraction of sp³-hybridized carbons (Fsp3) is 0.136. The van der Waals surface area contributed by atoms with E-state index in [1.807, 2.05) is 0 Å². The van der Waals surface area contributed by atoms with Gasteiger partial charge in [-0.15, -0.1) is 0 Å². The fourth-order valence-electron chi connectivity index (χ4n) is 2.62. The third-order valence-electron chi connectivity index (χ3n) is 4.29. The third-order valence-corrected chi connectivity index (χ3v) is 5.67. The lowest BCUT2D eigenvalue weighted by Gasteiger charge is -2.15. The SMILES string of the molecule is COc1ccc(O[C@@H](C)C(=O)Nc2ccc(S(=O)(=O)Nc3ccccc3F)cc2)cc1. The predicted molar refractivity (Wildman–Crippen MR) is 115 cm³/mol. The highest BCUT2D eigenvalue weighted by Gasteiger charge is 2.18. The van der Waals surface area contributed by atoms with E-state index >= 15 is 0 Å². The van der Waals surface area contributed by atoms with E-state index < -0.39 is 27.9 Å². The van der Waals surface area contributed by atoms with Crippen molar-refractivity contribution in [1.82, 2.24) is 0 Å². The number of halogens is 1. The van der Waals surface area contributed by atoms with Gasteiger partial charge in [0.05, 0.1) is 17.7 Å². The zero-order valence-corrected chi connectivity index (χ0v) is 17.6. The second kappa shape index (κ2) is 9.48. The van der Waals surface area contributed by atoms with Gasteiger partial charge in [-0.25, -0.2) is 12.8 Å². The van der Waals surface area contributed by atoms with Crippen molar-refractivity contribution in [2.75, 3.05) is 17.1 Å². The molecule has 0 saturated heterocycles. The van der Waals surface area contributed by atoms with Crippen molar-refractivity contribution >= 4 is 27.3 Å². The third kappa shape index (κ3) is 5.73. The first kappa shape index (κ1) is 22.1. The molecule has 0 aliphatic carbocycles. The van der Waals surface area contributed by atoms with Crippen molar-refractivity contribution in [3.63, 3.8) is 0 Å². The maximum Gasteiger partial charge on any atom is 0.265 e. The molecule has 0 saturated carbocycles. The number of rotatable bonds is 8. The number of sulfonamides is 1. The number of methoxy groups -OCH3 is 1. The molecule has 1 amide bonds. The minimum absolute atomic E-state index is 0.0729. The fourth-order valence-corrected chi connectivity index (χ4v) is 3.69. The van der Waals surface area contributed by atoms with Gasteiger partial charge < -0.3 is 14.8 Å². The average molecular weight is 444 g/mol. The summed E-state index contributed by atoms with van der Waals surface area (Å²) >= 11 is 0. The van der Waals surface area contributed by atoms with Crippen molar-refractivity contribution in [2.45, 2.75) is 17.9 Å². The van der Waals surface area contributed by atoms with Gasteiger partial charge in [0.2, 0.25) is 0 Å². The number of hydrogen-bond donors (Lipinski definition) is 2. The minimum atomic E-state index is -3.98. The smallest absolute Gasteiger partial charge is 0.265 e. The van der Waals surface area contributed by atoms with Crippen LogP contribution in [0.3, 0.4) is 0 Å². The van der Waals surface area contributed by atoms with E-state index in [2.05, 4.69) is 10.0 Å². The molecule has 3 aromatic rings. The Bertz CT molecular complexity index is 1150. The Morgan fingerprint density at radius 2 is 1.55 bits per heavy atom. The standard InChI is InChI=1S/C22H21FN2O5S/c1-15(30-18-11-9-17(29-2)10-12-18)22(26)24-16-7-13-19(14-8-16)31(27,28)25-21-6-4-3-5-20(21)23/h3-15,25H,1-2H3,(H,24,26)/t15-/m0/s1. The van der Waals surface area contributed by atoms with Crippen molar-refractivity contribution in [3.8, 4) is 11.5 Å². The highest BCUT2D eigenvalue weighted by atomic mass is 32.2. The van der Waals surface area contributed by atoms with E-state index in [4.69, 9.17) is 9.47 Å². The van der Waals surface area contributed by atoms with Gasteiger partial charge in [-0.1, -0.05) is 12.1 Å². The number of carbonyl (C=O) groups excluding carboxylic acids is 1. The van der Waals surface area contributed by atoms with Crippen LogP contribution in [0.4, 0.5) is 15.8 Å². The van der Waals surface area contributed by atoms with Gasteiger partial charge >= 0.3 is 0 Å². The van der Waals surface area contributed by atoms with Crippen LogP contribution in [0.15, 0.2) is 77.7 Å².